The van der Waals surface area contributed by atoms with Crippen molar-refractivity contribution in [2.75, 3.05) is 0 Å². The van der Waals surface area contributed by atoms with Crippen LogP contribution in [-0.2, 0) is 0 Å². The molecule has 0 radical (unpaired) electrons. The largest absolute Gasteiger partial charge is 0.338 e. The molecular formula is C13H11BrN2. The van der Waals surface area contributed by atoms with Gasteiger partial charge in [0.15, 0.2) is 0 Å². The van der Waals surface area contributed by atoms with Crippen LogP contribution in [0, 0.1) is 0 Å². The molecule has 0 aliphatic rings. The molecule has 3 heteroatoms. The fourth-order valence-electron chi connectivity index (χ4n) is 1.36. The lowest BCUT2D eigenvalue weighted by Crippen LogP contribution is -1.77. The predicted octanol–water partition coefficient (Wildman–Crippen LogP) is 4.04. The van der Waals surface area contributed by atoms with Gasteiger partial charge in [-0.15, -0.1) is 0 Å². The summed E-state index contributed by atoms with van der Waals surface area (Å²) in [5.41, 5.74) is 2.13. The molecule has 0 amide bonds. The second kappa shape index (κ2) is 4.94. The molecule has 0 aliphatic carbocycles. The molecule has 80 valence electrons. The van der Waals surface area contributed by atoms with Gasteiger partial charge in [-0.1, -0.05) is 46.8 Å². The van der Waals surface area contributed by atoms with Crippen molar-refractivity contribution in [2.45, 2.75) is 0 Å². The summed E-state index contributed by atoms with van der Waals surface area (Å²) < 4.78 is 1.07. The lowest BCUT2D eigenvalue weighted by molar-refractivity contribution is 1.26. The first-order chi connectivity index (χ1) is 7.79. The maximum atomic E-state index is 4.25. The van der Waals surface area contributed by atoms with E-state index in [-0.39, 0.29) is 0 Å². The van der Waals surface area contributed by atoms with Crippen LogP contribution < -0.4 is 0 Å². The van der Waals surface area contributed by atoms with E-state index in [0.717, 1.165) is 21.6 Å². The van der Waals surface area contributed by atoms with Gasteiger partial charge in [-0.05, 0) is 23.8 Å². The van der Waals surface area contributed by atoms with E-state index in [1.807, 2.05) is 42.6 Å². The Morgan fingerprint density at radius 2 is 2.00 bits per heavy atom. The molecule has 0 aliphatic heterocycles. The average molecular weight is 275 g/mol. The number of H-pyrrole nitrogens is 1. The number of aromatic amines is 1. The van der Waals surface area contributed by atoms with Crippen LogP contribution in [0.2, 0.25) is 0 Å². The van der Waals surface area contributed by atoms with Gasteiger partial charge in [0.1, 0.15) is 5.82 Å². The number of imidazole rings is 1. The molecule has 0 bridgehead atoms. The highest BCUT2D eigenvalue weighted by Crippen LogP contribution is 2.20. The van der Waals surface area contributed by atoms with E-state index >= 15 is 0 Å². The molecule has 16 heavy (non-hydrogen) atoms. The van der Waals surface area contributed by atoms with Gasteiger partial charge in [0.05, 0.1) is 11.9 Å². The average Bonchev–Trinajstić information content (AvgIpc) is 2.76. The summed E-state index contributed by atoms with van der Waals surface area (Å²) in [7, 11) is 0. The number of nitrogens with zero attached hydrogens (tertiary/aromatic N) is 1. The summed E-state index contributed by atoms with van der Waals surface area (Å²) >= 11 is 3.41. The van der Waals surface area contributed by atoms with E-state index in [2.05, 4.69) is 32.5 Å². The second-order valence-electron chi connectivity index (χ2n) is 3.28. The first kappa shape index (κ1) is 10.9. The molecule has 2 nitrogen and oxygen atoms in total. The van der Waals surface area contributed by atoms with Gasteiger partial charge in [-0.25, -0.2) is 4.98 Å². The Balaban J connectivity index is 2.27. The quantitative estimate of drug-likeness (QED) is 0.841. The van der Waals surface area contributed by atoms with E-state index in [9.17, 15) is 0 Å². The third-order valence-electron chi connectivity index (χ3n) is 2.14. The molecule has 1 N–H and O–H groups in total. The van der Waals surface area contributed by atoms with Gasteiger partial charge in [0, 0.05) is 4.47 Å². The molecule has 2 rings (SSSR count). The summed E-state index contributed by atoms with van der Waals surface area (Å²) in [4.78, 5) is 7.47. The molecule has 0 spiro atoms. The van der Waals surface area contributed by atoms with Gasteiger partial charge >= 0.3 is 0 Å². The summed E-state index contributed by atoms with van der Waals surface area (Å²) in [6.45, 7) is 3.62. The van der Waals surface area contributed by atoms with Crippen LogP contribution in [0.15, 0.2) is 53.7 Å². The SMILES string of the molecule is C=C/C=C\c1ncc(-c2ccc(Br)cc2)[nH]1. The third kappa shape index (κ3) is 2.49. The number of rotatable bonds is 3. The Kier molecular flexibility index (Phi) is 3.37. The molecule has 1 aromatic carbocycles. The maximum absolute atomic E-state index is 4.25. The molecule has 2 aromatic rings. The van der Waals surface area contributed by atoms with Crippen molar-refractivity contribution in [3.8, 4) is 11.3 Å². The Hall–Kier alpha value is -1.61. The van der Waals surface area contributed by atoms with Crippen molar-refractivity contribution in [3.63, 3.8) is 0 Å². The molecule has 0 unspecified atom stereocenters. The molecule has 0 fully saturated rings. The highest BCUT2D eigenvalue weighted by molar-refractivity contribution is 9.10. The van der Waals surface area contributed by atoms with E-state index in [0.29, 0.717) is 0 Å². The number of hydrogen-bond donors (Lipinski definition) is 1. The molecule has 0 atom stereocenters. The number of allylic oxidation sites excluding steroid dienone is 2. The van der Waals surface area contributed by atoms with E-state index in [4.69, 9.17) is 0 Å². The predicted molar refractivity (Wildman–Crippen MR) is 71.0 cm³/mol. The van der Waals surface area contributed by atoms with Crippen LogP contribution in [0.4, 0.5) is 0 Å². The van der Waals surface area contributed by atoms with Crippen molar-refractivity contribution in [2.24, 2.45) is 0 Å². The Morgan fingerprint density at radius 3 is 2.69 bits per heavy atom. The van der Waals surface area contributed by atoms with Crippen LogP contribution in [0.1, 0.15) is 5.82 Å². The number of hydrogen-bond acceptors (Lipinski definition) is 1. The second-order valence-corrected chi connectivity index (χ2v) is 4.20. The lowest BCUT2D eigenvalue weighted by Gasteiger charge is -1.96. The van der Waals surface area contributed by atoms with Gasteiger partial charge in [0.2, 0.25) is 0 Å². The zero-order valence-corrected chi connectivity index (χ0v) is 10.2. The van der Waals surface area contributed by atoms with Crippen LogP contribution in [0.3, 0.4) is 0 Å². The van der Waals surface area contributed by atoms with Gasteiger partial charge < -0.3 is 4.98 Å². The van der Waals surface area contributed by atoms with Crippen LogP contribution in [0.5, 0.6) is 0 Å². The van der Waals surface area contributed by atoms with E-state index in [1.54, 1.807) is 6.08 Å². The third-order valence-corrected chi connectivity index (χ3v) is 2.67. The number of benzene rings is 1. The van der Waals surface area contributed by atoms with Crippen molar-refractivity contribution in [3.05, 3.63) is 59.5 Å². The highest BCUT2D eigenvalue weighted by atomic mass is 79.9. The normalized spacial score (nSPS) is 10.8. The summed E-state index contributed by atoms with van der Waals surface area (Å²) in [6.07, 6.45) is 7.29. The fraction of sp³-hybridized carbons (Fsp3) is 0. The number of halogens is 1. The lowest BCUT2D eigenvalue weighted by atomic mass is 10.2. The molecule has 0 saturated heterocycles. The van der Waals surface area contributed by atoms with Gasteiger partial charge in [-0.3, -0.25) is 0 Å². The number of aromatic nitrogens is 2. The number of nitrogens with one attached hydrogen (secondary N) is 1. The minimum atomic E-state index is 0.831. The Morgan fingerprint density at radius 1 is 1.25 bits per heavy atom. The van der Waals surface area contributed by atoms with Crippen LogP contribution >= 0.6 is 15.9 Å². The minimum absolute atomic E-state index is 0.831. The monoisotopic (exact) mass is 274 g/mol. The van der Waals surface area contributed by atoms with Crippen molar-refractivity contribution in [1.82, 2.24) is 9.97 Å². The van der Waals surface area contributed by atoms with E-state index in [1.165, 1.54) is 0 Å². The standard InChI is InChI=1S/C13H11BrN2/c1-2-3-4-13-15-9-12(16-13)10-5-7-11(14)8-6-10/h2-9H,1H2,(H,15,16)/b4-3-. The zero-order chi connectivity index (χ0) is 11.4. The summed E-state index contributed by atoms with van der Waals surface area (Å²) in [5.74, 6) is 0.831. The molecule has 0 saturated carbocycles. The topological polar surface area (TPSA) is 28.7 Å². The highest BCUT2D eigenvalue weighted by Gasteiger charge is 2.00. The maximum Gasteiger partial charge on any atom is 0.130 e. The minimum Gasteiger partial charge on any atom is -0.338 e. The van der Waals surface area contributed by atoms with E-state index < -0.39 is 0 Å². The first-order valence-corrected chi connectivity index (χ1v) is 5.69. The van der Waals surface area contributed by atoms with Gasteiger partial charge in [0.25, 0.3) is 0 Å². The molecular weight excluding hydrogens is 264 g/mol. The summed E-state index contributed by atoms with van der Waals surface area (Å²) in [6, 6.07) is 8.10. The summed E-state index contributed by atoms with van der Waals surface area (Å²) in [5, 5.41) is 0. The zero-order valence-electron chi connectivity index (χ0n) is 8.65. The van der Waals surface area contributed by atoms with Crippen LogP contribution in [0.25, 0.3) is 17.3 Å². The van der Waals surface area contributed by atoms with Crippen molar-refractivity contribution < 1.29 is 0 Å². The Bertz CT molecular complexity index is 509. The smallest absolute Gasteiger partial charge is 0.130 e. The van der Waals surface area contributed by atoms with Gasteiger partial charge in [-0.2, -0.15) is 0 Å². The van der Waals surface area contributed by atoms with Crippen molar-refractivity contribution >= 4 is 22.0 Å². The fourth-order valence-corrected chi connectivity index (χ4v) is 1.62. The van der Waals surface area contributed by atoms with Crippen LogP contribution in [-0.4, -0.2) is 9.97 Å². The molecule has 1 heterocycles. The van der Waals surface area contributed by atoms with Crippen molar-refractivity contribution in [1.29, 1.82) is 0 Å². The molecule has 1 aromatic heterocycles. The Labute approximate surface area is 103 Å². The first-order valence-electron chi connectivity index (χ1n) is 4.89.